The summed E-state index contributed by atoms with van der Waals surface area (Å²) in [5.41, 5.74) is 3.34. The zero-order valence-electron chi connectivity index (χ0n) is 11.8. The fourth-order valence-electron chi connectivity index (χ4n) is 2.08. The van der Waals surface area contributed by atoms with Gasteiger partial charge in [-0.2, -0.15) is 0 Å². The largest absolute Gasteiger partial charge is 0.380 e. The van der Waals surface area contributed by atoms with Crippen molar-refractivity contribution < 1.29 is 0 Å². The molecule has 3 rings (SSSR count). The van der Waals surface area contributed by atoms with Gasteiger partial charge in [0.25, 0.3) is 0 Å². The maximum absolute atomic E-state index is 4.54. The number of halogens is 1. The number of aromatic nitrogens is 1. The molecule has 0 aliphatic heterocycles. The first-order chi connectivity index (χ1) is 10.1. The number of thiazole rings is 1. The van der Waals surface area contributed by atoms with Gasteiger partial charge in [0.1, 0.15) is 0 Å². The average Bonchev–Trinajstić information content (AvgIpc) is 3.04. The third-order valence-corrected chi connectivity index (χ3v) is 6.06. The molecule has 108 valence electrons. The smallest absolute Gasteiger partial charge is 0.0901 e. The van der Waals surface area contributed by atoms with E-state index in [1.807, 2.05) is 18.3 Å². The highest BCUT2D eigenvalue weighted by atomic mass is 79.9. The monoisotopic (exact) mass is 378 g/mol. The highest BCUT2D eigenvalue weighted by Crippen LogP contribution is 2.28. The minimum Gasteiger partial charge on any atom is -0.380 e. The lowest BCUT2D eigenvalue weighted by atomic mass is 10.1. The van der Waals surface area contributed by atoms with Crippen LogP contribution in [-0.4, -0.2) is 4.98 Å². The summed E-state index contributed by atoms with van der Waals surface area (Å²) >= 11 is 7.06. The molecule has 0 radical (unpaired) electrons. The zero-order valence-corrected chi connectivity index (χ0v) is 15.0. The molecule has 5 heteroatoms. The van der Waals surface area contributed by atoms with Gasteiger partial charge in [0, 0.05) is 37.4 Å². The Balaban J connectivity index is 1.74. The SMILES string of the molecule is Cc1nc(-c2cccc(NCc3cc(Br)c(C)s3)c2)cs1. The second kappa shape index (κ2) is 6.30. The number of hydrogen-bond donors (Lipinski definition) is 1. The molecule has 0 aliphatic rings. The van der Waals surface area contributed by atoms with E-state index in [1.165, 1.54) is 14.2 Å². The molecule has 2 nitrogen and oxygen atoms in total. The van der Waals surface area contributed by atoms with Crippen molar-refractivity contribution >= 4 is 44.3 Å². The van der Waals surface area contributed by atoms with Crippen molar-refractivity contribution in [1.29, 1.82) is 0 Å². The van der Waals surface area contributed by atoms with E-state index in [1.54, 1.807) is 11.3 Å². The van der Waals surface area contributed by atoms with Gasteiger partial charge in [0.05, 0.1) is 10.7 Å². The first kappa shape index (κ1) is 14.8. The van der Waals surface area contributed by atoms with E-state index in [9.17, 15) is 0 Å². The van der Waals surface area contributed by atoms with E-state index in [0.717, 1.165) is 28.5 Å². The molecular weight excluding hydrogens is 364 g/mol. The Morgan fingerprint density at radius 2 is 2.10 bits per heavy atom. The van der Waals surface area contributed by atoms with Crippen molar-refractivity contribution in [3.8, 4) is 11.3 Å². The van der Waals surface area contributed by atoms with Crippen LogP contribution in [-0.2, 0) is 6.54 Å². The van der Waals surface area contributed by atoms with Gasteiger partial charge < -0.3 is 5.32 Å². The van der Waals surface area contributed by atoms with E-state index in [2.05, 4.69) is 68.9 Å². The lowest BCUT2D eigenvalue weighted by molar-refractivity contribution is 1.19. The maximum atomic E-state index is 4.54. The van der Waals surface area contributed by atoms with Gasteiger partial charge >= 0.3 is 0 Å². The first-order valence-corrected chi connectivity index (χ1v) is 9.12. The number of nitrogens with one attached hydrogen (secondary N) is 1. The van der Waals surface area contributed by atoms with E-state index in [-0.39, 0.29) is 0 Å². The molecule has 0 atom stereocenters. The molecule has 0 bridgehead atoms. The molecule has 0 saturated carbocycles. The lowest BCUT2D eigenvalue weighted by Gasteiger charge is -2.06. The van der Waals surface area contributed by atoms with Gasteiger partial charge in [-0.25, -0.2) is 4.98 Å². The summed E-state index contributed by atoms with van der Waals surface area (Å²) in [6, 6.07) is 10.6. The van der Waals surface area contributed by atoms with Gasteiger partial charge in [0.2, 0.25) is 0 Å². The van der Waals surface area contributed by atoms with Crippen LogP contribution in [0.15, 0.2) is 40.2 Å². The van der Waals surface area contributed by atoms with Crippen LogP contribution in [0.3, 0.4) is 0 Å². The second-order valence-electron chi connectivity index (χ2n) is 4.80. The molecule has 0 spiro atoms. The minimum atomic E-state index is 0.844. The summed E-state index contributed by atoms with van der Waals surface area (Å²) in [7, 11) is 0. The highest BCUT2D eigenvalue weighted by Gasteiger charge is 2.05. The predicted octanol–water partition coefficient (Wildman–Crippen LogP) is 5.86. The van der Waals surface area contributed by atoms with Crippen LogP contribution in [0.4, 0.5) is 5.69 Å². The summed E-state index contributed by atoms with van der Waals surface area (Å²) in [4.78, 5) is 7.19. The number of aryl methyl sites for hydroxylation is 2. The van der Waals surface area contributed by atoms with Gasteiger partial charge in [-0.3, -0.25) is 0 Å². The Kier molecular flexibility index (Phi) is 4.42. The summed E-state index contributed by atoms with van der Waals surface area (Å²) in [5.74, 6) is 0. The Labute approximate surface area is 141 Å². The second-order valence-corrected chi connectivity index (χ2v) is 8.06. The lowest BCUT2D eigenvalue weighted by Crippen LogP contribution is -1.97. The van der Waals surface area contributed by atoms with E-state index >= 15 is 0 Å². The number of nitrogens with zero attached hydrogens (tertiary/aromatic N) is 1. The zero-order chi connectivity index (χ0) is 14.8. The Morgan fingerprint density at radius 1 is 1.24 bits per heavy atom. The van der Waals surface area contributed by atoms with Crippen molar-refractivity contribution in [2.45, 2.75) is 20.4 Å². The fraction of sp³-hybridized carbons (Fsp3) is 0.188. The fourth-order valence-corrected chi connectivity index (χ4v) is 4.24. The van der Waals surface area contributed by atoms with Crippen molar-refractivity contribution in [2.24, 2.45) is 0 Å². The van der Waals surface area contributed by atoms with Crippen molar-refractivity contribution in [1.82, 2.24) is 4.98 Å². The molecule has 0 amide bonds. The Bertz CT molecular complexity index is 742. The number of thiophene rings is 1. The Hall–Kier alpha value is -1.17. The molecule has 1 aromatic carbocycles. The Morgan fingerprint density at radius 3 is 2.76 bits per heavy atom. The van der Waals surface area contributed by atoms with Crippen molar-refractivity contribution in [2.75, 3.05) is 5.32 Å². The van der Waals surface area contributed by atoms with Crippen molar-refractivity contribution in [3.05, 3.63) is 54.9 Å². The highest BCUT2D eigenvalue weighted by molar-refractivity contribution is 9.10. The maximum Gasteiger partial charge on any atom is 0.0901 e. The van der Waals surface area contributed by atoms with E-state index < -0.39 is 0 Å². The third kappa shape index (κ3) is 3.54. The summed E-state index contributed by atoms with van der Waals surface area (Å²) in [5, 5.41) is 6.69. The number of anilines is 1. The summed E-state index contributed by atoms with van der Waals surface area (Å²) in [6.07, 6.45) is 0. The minimum absolute atomic E-state index is 0.844. The van der Waals surface area contributed by atoms with Crippen molar-refractivity contribution in [3.63, 3.8) is 0 Å². The topological polar surface area (TPSA) is 24.9 Å². The van der Waals surface area contributed by atoms with Gasteiger partial charge in [-0.05, 0) is 48.0 Å². The van der Waals surface area contributed by atoms with Gasteiger partial charge in [0.15, 0.2) is 0 Å². The van der Waals surface area contributed by atoms with E-state index in [4.69, 9.17) is 0 Å². The van der Waals surface area contributed by atoms with Crippen LogP contribution >= 0.6 is 38.6 Å². The molecular formula is C16H15BrN2S2. The normalized spacial score (nSPS) is 10.8. The molecule has 1 N–H and O–H groups in total. The number of hydrogen-bond acceptors (Lipinski definition) is 4. The molecule has 21 heavy (non-hydrogen) atoms. The van der Waals surface area contributed by atoms with Crippen LogP contribution in [0, 0.1) is 13.8 Å². The van der Waals surface area contributed by atoms with Crippen LogP contribution < -0.4 is 5.32 Å². The molecule has 2 aromatic heterocycles. The molecule has 0 saturated heterocycles. The van der Waals surface area contributed by atoms with Crippen LogP contribution in [0.1, 0.15) is 14.8 Å². The third-order valence-electron chi connectivity index (χ3n) is 3.15. The average molecular weight is 379 g/mol. The van der Waals surface area contributed by atoms with Crippen LogP contribution in [0.5, 0.6) is 0 Å². The molecule has 2 heterocycles. The van der Waals surface area contributed by atoms with Gasteiger partial charge in [-0.15, -0.1) is 22.7 Å². The quantitative estimate of drug-likeness (QED) is 0.614. The molecule has 0 unspecified atom stereocenters. The molecule has 3 aromatic rings. The standard InChI is InChI=1S/C16H15BrN2S2/c1-10-15(17)7-14(21-10)8-18-13-5-3-4-12(6-13)16-9-20-11(2)19-16/h3-7,9,18H,8H2,1-2H3. The number of rotatable bonds is 4. The van der Waals surface area contributed by atoms with Crippen LogP contribution in [0.25, 0.3) is 11.3 Å². The summed E-state index contributed by atoms with van der Waals surface area (Å²) < 4.78 is 1.19. The molecule has 0 aliphatic carbocycles. The molecule has 0 fully saturated rings. The first-order valence-electron chi connectivity index (χ1n) is 6.63. The number of benzene rings is 1. The van der Waals surface area contributed by atoms with Crippen LogP contribution in [0.2, 0.25) is 0 Å². The summed E-state index contributed by atoms with van der Waals surface area (Å²) in [6.45, 7) is 5.01. The van der Waals surface area contributed by atoms with E-state index in [0.29, 0.717) is 0 Å². The predicted molar refractivity (Wildman–Crippen MR) is 96.4 cm³/mol. The van der Waals surface area contributed by atoms with Gasteiger partial charge in [-0.1, -0.05) is 12.1 Å².